The molecule has 2 rings (SSSR count). The van der Waals surface area contributed by atoms with Crippen LogP contribution in [0.2, 0.25) is 0 Å². The lowest BCUT2D eigenvalue weighted by Crippen LogP contribution is -2.48. The van der Waals surface area contributed by atoms with Crippen LogP contribution in [0.5, 0.6) is 11.5 Å². The predicted molar refractivity (Wildman–Crippen MR) is 115 cm³/mol. The van der Waals surface area contributed by atoms with Crippen LogP contribution in [0.1, 0.15) is 38.7 Å². The third kappa shape index (κ3) is 6.26. The normalized spacial score (nSPS) is 18.8. The first-order valence-corrected chi connectivity index (χ1v) is 10.3. The Morgan fingerprint density at radius 2 is 1.87 bits per heavy atom. The van der Waals surface area contributed by atoms with Gasteiger partial charge in [0, 0.05) is 56.4 Å². The molecule has 3 amide bonds. The molecule has 0 radical (unpaired) electrons. The average molecular weight is 422 g/mol. The molecular formula is C22H35N3O5. The number of methoxy groups -OCH3 is 3. The van der Waals surface area contributed by atoms with Gasteiger partial charge in [0.05, 0.1) is 20.1 Å². The Hall–Kier alpha value is -2.48. The summed E-state index contributed by atoms with van der Waals surface area (Å²) >= 11 is 0. The first-order chi connectivity index (χ1) is 14.2. The number of carbonyl (C=O) groups is 2. The van der Waals surface area contributed by atoms with Crippen molar-refractivity contribution < 1.29 is 23.8 Å². The average Bonchev–Trinajstić information content (AvgIpc) is 3.14. The van der Waals surface area contributed by atoms with Gasteiger partial charge in [-0.05, 0) is 33.3 Å². The zero-order valence-corrected chi connectivity index (χ0v) is 18.9. The highest BCUT2D eigenvalue weighted by Gasteiger charge is 2.42. The number of urea groups is 1. The SMILES string of the molecule is COCCCNC(=O)[C@H]1CN(C(=O)NC(C)(C)C)C[C@@H]1c1ccc(OC)cc1OC. The number of amides is 3. The van der Waals surface area contributed by atoms with Crippen molar-refractivity contribution in [2.75, 3.05) is 47.6 Å². The van der Waals surface area contributed by atoms with Gasteiger partial charge in [0.1, 0.15) is 11.5 Å². The summed E-state index contributed by atoms with van der Waals surface area (Å²) in [5, 5.41) is 5.97. The van der Waals surface area contributed by atoms with Crippen LogP contribution in [0, 0.1) is 5.92 Å². The van der Waals surface area contributed by atoms with Gasteiger partial charge in [-0.1, -0.05) is 6.07 Å². The largest absolute Gasteiger partial charge is 0.497 e. The molecule has 1 heterocycles. The van der Waals surface area contributed by atoms with Crippen LogP contribution in [0.25, 0.3) is 0 Å². The number of hydrogen-bond donors (Lipinski definition) is 2. The molecule has 0 saturated carbocycles. The summed E-state index contributed by atoms with van der Waals surface area (Å²) in [6, 6.07) is 5.40. The number of ether oxygens (including phenoxy) is 3. The fraction of sp³-hybridized carbons (Fsp3) is 0.636. The lowest BCUT2D eigenvalue weighted by Gasteiger charge is -2.25. The minimum absolute atomic E-state index is 0.0694. The summed E-state index contributed by atoms with van der Waals surface area (Å²) in [7, 11) is 4.83. The van der Waals surface area contributed by atoms with Gasteiger partial charge in [-0.3, -0.25) is 4.79 Å². The zero-order chi connectivity index (χ0) is 22.3. The van der Waals surface area contributed by atoms with Crippen molar-refractivity contribution in [3.8, 4) is 11.5 Å². The maximum absolute atomic E-state index is 13.0. The molecule has 2 N–H and O–H groups in total. The molecule has 1 aromatic carbocycles. The number of nitrogens with one attached hydrogen (secondary N) is 2. The van der Waals surface area contributed by atoms with Gasteiger partial charge in [0.2, 0.25) is 5.91 Å². The van der Waals surface area contributed by atoms with Crippen molar-refractivity contribution in [2.45, 2.75) is 38.6 Å². The summed E-state index contributed by atoms with van der Waals surface area (Å²) in [5.74, 6) is 0.700. The molecule has 2 atom stereocenters. The lowest BCUT2D eigenvalue weighted by atomic mass is 9.87. The standard InChI is InChI=1S/C22H35N3O5/c1-22(2,3)24-21(27)25-13-17(16-9-8-15(29-5)12-19(16)30-6)18(14-25)20(26)23-10-7-11-28-4/h8-9,12,17-18H,7,10-11,13-14H2,1-6H3,(H,23,26)(H,24,27)/t17-,18+/m1/s1. The van der Waals surface area contributed by atoms with E-state index in [9.17, 15) is 9.59 Å². The Labute approximate surface area is 179 Å². The van der Waals surface area contributed by atoms with E-state index >= 15 is 0 Å². The highest BCUT2D eigenvalue weighted by molar-refractivity contribution is 5.83. The minimum Gasteiger partial charge on any atom is -0.497 e. The summed E-state index contributed by atoms with van der Waals surface area (Å²) in [6.45, 7) is 7.70. The van der Waals surface area contributed by atoms with Gasteiger partial charge in [-0.25, -0.2) is 4.79 Å². The number of benzene rings is 1. The van der Waals surface area contributed by atoms with E-state index in [1.54, 1.807) is 32.3 Å². The molecule has 1 aliphatic rings. The van der Waals surface area contributed by atoms with E-state index in [4.69, 9.17) is 14.2 Å². The minimum atomic E-state index is -0.374. The maximum atomic E-state index is 13.0. The van der Waals surface area contributed by atoms with E-state index in [-0.39, 0.29) is 29.3 Å². The predicted octanol–water partition coefficient (Wildman–Crippen LogP) is 2.38. The fourth-order valence-corrected chi connectivity index (χ4v) is 3.63. The van der Waals surface area contributed by atoms with E-state index in [1.807, 2.05) is 32.9 Å². The Balaban J connectivity index is 2.26. The van der Waals surface area contributed by atoms with Crippen LogP contribution in [0.3, 0.4) is 0 Å². The summed E-state index contributed by atoms with van der Waals surface area (Å²) in [5.41, 5.74) is 0.534. The molecule has 0 aromatic heterocycles. The molecule has 8 nitrogen and oxygen atoms in total. The van der Waals surface area contributed by atoms with Crippen molar-refractivity contribution in [1.82, 2.24) is 15.5 Å². The van der Waals surface area contributed by atoms with E-state index in [0.717, 1.165) is 12.0 Å². The smallest absolute Gasteiger partial charge is 0.317 e. The molecule has 0 spiro atoms. The van der Waals surface area contributed by atoms with Gasteiger partial charge in [0.25, 0.3) is 0 Å². The van der Waals surface area contributed by atoms with Gasteiger partial charge in [-0.15, -0.1) is 0 Å². The number of rotatable bonds is 8. The molecule has 1 aromatic rings. The van der Waals surface area contributed by atoms with Crippen LogP contribution < -0.4 is 20.1 Å². The quantitative estimate of drug-likeness (QED) is 0.629. The second kappa shape index (κ2) is 10.5. The topological polar surface area (TPSA) is 89.1 Å². The van der Waals surface area contributed by atoms with E-state index in [2.05, 4.69) is 10.6 Å². The number of likely N-dealkylation sites (tertiary alicyclic amines) is 1. The number of carbonyl (C=O) groups excluding carboxylic acids is 2. The third-order valence-electron chi connectivity index (χ3n) is 5.09. The van der Waals surface area contributed by atoms with Gasteiger partial charge < -0.3 is 29.7 Å². The first-order valence-electron chi connectivity index (χ1n) is 10.3. The van der Waals surface area contributed by atoms with E-state index in [1.165, 1.54) is 0 Å². The third-order valence-corrected chi connectivity index (χ3v) is 5.09. The van der Waals surface area contributed by atoms with E-state index in [0.29, 0.717) is 37.7 Å². The molecule has 1 fully saturated rings. The summed E-state index contributed by atoms with van der Waals surface area (Å²) < 4.78 is 15.9. The molecule has 8 heteroatoms. The number of hydrogen-bond acceptors (Lipinski definition) is 5. The molecule has 0 bridgehead atoms. The molecule has 168 valence electrons. The van der Waals surface area contributed by atoms with Crippen molar-refractivity contribution in [3.63, 3.8) is 0 Å². The highest BCUT2D eigenvalue weighted by atomic mass is 16.5. The molecule has 0 aliphatic carbocycles. The monoisotopic (exact) mass is 421 g/mol. The number of nitrogens with zero attached hydrogens (tertiary/aromatic N) is 1. The second-order valence-corrected chi connectivity index (χ2v) is 8.54. The van der Waals surface area contributed by atoms with Crippen molar-refractivity contribution in [3.05, 3.63) is 23.8 Å². The van der Waals surface area contributed by atoms with Crippen molar-refractivity contribution in [2.24, 2.45) is 5.92 Å². The Morgan fingerprint density at radius 3 is 2.47 bits per heavy atom. The highest BCUT2D eigenvalue weighted by Crippen LogP contribution is 2.39. The Kier molecular flexibility index (Phi) is 8.34. The Bertz CT molecular complexity index is 732. The summed E-state index contributed by atoms with van der Waals surface area (Å²) in [4.78, 5) is 27.5. The first kappa shape index (κ1) is 23.8. The molecular weight excluding hydrogens is 386 g/mol. The van der Waals surface area contributed by atoms with Crippen LogP contribution in [0.15, 0.2) is 18.2 Å². The maximum Gasteiger partial charge on any atom is 0.317 e. The lowest BCUT2D eigenvalue weighted by molar-refractivity contribution is -0.124. The second-order valence-electron chi connectivity index (χ2n) is 8.54. The van der Waals surface area contributed by atoms with Crippen molar-refractivity contribution in [1.29, 1.82) is 0 Å². The van der Waals surface area contributed by atoms with Gasteiger partial charge >= 0.3 is 6.03 Å². The van der Waals surface area contributed by atoms with Gasteiger partial charge in [0.15, 0.2) is 0 Å². The molecule has 1 saturated heterocycles. The van der Waals surface area contributed by atoms with E-state index < -0.39 is 0 Å². The molecule has 30 heavy (non-hydrogen) atoms. The fourth-order valence-electron chi connectivity index (χ4n) is 3.63. The van der Waals surface area contributed by atoms with Crippen LogP contribution in [0.4, 0.5) is 4.79 Å². The zero-order valence-electron chi connectivity index (χ0n) is 18.9. The molecule has 0 unspecified atom stereocenters. The van der Waals surface area contributed by atoms with Crippen LogP contribution in [-0.2, 0) is 9.53 Å². The summed E-state index contributed by atoms with van der Waals surface area (Å²) in [6.07, 6.45) is 0.736. The Morgan fingerprint density at radius 1 is 1.13 bits per heavy atom. The van der Waals surface area contributed by atoms with Crippen LogP contribution in [-0.4, -0.2) is 69.9 Å². The van der Waals surface area contributed by atoms with Crippen molar-refractivity contribution >= 4 is 11.9 Å². The molecule has 1 aliphatic heterocycles. The van der Waals surface area contributed by atoms with Gasteiger partial charge in [-0.2, -0.15) is 0 Å². The van der Waals surface area contributed by atoms with Crippen LogP contribution >= 0.6 is 0 Å².